The highest BCUT2D eigenvalue weighted by Gasteiger charge is 2.25. The van der Waals surface area contributed by atoms with Gasteiger partial charge in [0.2, 0.25) is 0 Å². The first-order valence-corrected chi connectivity index (χ1v) is 9.33. The summed E-state index contributed by atoms with van der Waals surface area (Å²) in [6.45, 7) is 1.23. The van der Waals surface area contributed by atoms with Gasteiger partial charge in [-0.25, -0.2) is 9.18 Å². The van der Waals surface area contributed by atoms with Crippen molar-refractivity contribution in [1.29, 1.82) is 0 Å². The first-order chi connectivity index (χ1) is 12.7. The maximum absolute atomic E-state index is 13.7. The average Bonchev–Trinajstić information content (AvgIpc) is 3.07. The summed E-state index contributed by atoms with van der Waals surface area (Å²) in [5.41, 5.74) is 1.14. The number of nitrogens with one attached hydrogen (secondary N) is 1. The molecule has 26 heavy (non-hydrogen) atoms. The number of carbonyl (C=O) groups is 1. The SMILES string of the molecule is O=C(Nc1ccccc1)N1CCC(Oc2nc3c(F)cccc3s2)CC1. The zero-order valence-electron chi connectivity index (χ0n) is 14.0. The summed E-state index contributed by atoms with van der Waals surface area (Å²) >= 11 is 1.35. The highest BCUT2D eigenvalue weighted by molar-refractivity contribution is 7.20. The number of anilines is 1. The minimum atomic E-state index is -0.332. The van der Waals surface area contributed by atoms with Crippen LogP contribution in [0.25, 0.3) is 10.2 Å². The molecule has 1 aromatic heterocycles. The summed E-state index contributed by atoms with van der Waals surface area (Å²) in [6, 6.07) is 14.2. The molecule has 7 heteroatoms. The third-order valence-corrected chi connectivity index (χ3v) is 5.28. The van der Waals surface area contributed by atoms with Gasteiger partial charge in [-0.15, -0.1) is 0 Å². The maximum Gasteiger partial charge on any atom is 0.321 e. The van der Waals surface area contributed by atoms with Crippen LogP contribution in [0.1, 0.15) is 12.8 Å². The number of hydrogen-bond donors (Lipinski definition) is 1. The van der Waals surface area contributed by atoms with E-state index in [1.54, 1.807) is 11.0 Å². The van der Waals surface area contributed by atoms with E-state index < -0.39 is 0 Å². The van der Waals surface area contributed by atoms with Crippen molar-refractivity contribution in [2.45, 2.75) is 18.9 Å². The van der Waals surface area contributed by atoms with Gasteiger partial charge in [0.1, 0.15) is 17.4 Å². The summed E-state index contributed by atoms with van der Waals surface area (Å²) < 4.78 is 20.4. The van der Waals surface area contributed by atoms with Crippen LogP contribution >= 0.6 is 11.3 Å². The summed E-state index contributed by atoms with van der Waals surface area (Å²) in [6.07, 6.45) is 1.43. The number of carbonyl (C=O) groups excluding carboxylic acids is 1. The molecule has 1 aliphatic rings. The fourth-order valence-electron chi connectivity index (χ4n) is 2.99. The molecule has 2 amide bonds. The van der Waals surface area contributed by atoms with Gasteiger partial charge in [-0.2, -0.15) is 4.98 Å². The normalized spacial score (nSPS) is 15.2. The van der Waals surface area contributed by atoms with Crippen LogP contribution in [0, 0.1) is 5.82 Å². The van der Waals surface area contributed by atoms with Crippen LogP contribution < -0.4 is 10.1 Å². The van der Waals surface area contributed by atoms with E-state index in [1.165, 1.54) is 17.4 Å². The molecule has 2 aromatic carbocycles. The molecule has 3 aromatic rings. The fourth-order valence-corrected chi connectivity index (χ4v) is 3.88. The third-order valence-electron chi connectivity index (χ3n) is 4.37. The summed E-state index contributed by atoms with van der Waals surface area (Å²) in [7, 11) is 0. The van der Waals surface area contributed by atoms with Crippen LogP contribution in [0.15, 0.2) is 48.5 Å². The Bertz CT molecular complexity index is 908. The number of rotatable bonds is 3. The molecule has 5 nitrogen and oxygen atoms in total. The summed E-state index contributed by atoms with van der Waals surface area (Å²) in [5.74, 6) is -0.332. The van der Waals surface area contributed by atoms with Crippen molar-refractivity contribution in [3.05, 3.63) is 54.3 Å². The number of thiazole rings is 1. The van der Waals surface area contributed by atoms with Crippen LogP contribution in [-0.4, -0.2) is 35.1 Å². The lowest BCUT2D eigenvalue weighted by atomic mass is 10.1. The second kappa shape index (κ2) is 7.29. The van der Waals surface area contributed by atoms with Gasteiger partial charge >= 0.3 is 6.03 Å². The number of amides is 2. The van der Waals surface area contributed by atoms with E-state index in [0.717, 1.165) is 23.2 Å². The Balaban J connectivity index is 1.33. The molecule has 0 spiro atoms. The van der Waals surface area contributed by atoms with Crippen molar-refractivity contribution < 1.29 is 13.9 Å². The molecule has 2 heterocycles. The average molecular weight is 371 g/mol. The van der Waals surface area contributed by atoms with Crippen LogP contribution in [0.2, 0.25) is 0 Å². The van der Waals surface area contributed by atoms with Crippen LogP contribution in [0.5, 0.6) is 5.19 Å². The molecular formula is C19H18FN3O2S. The van der Waals surface area contributed by atoms with Gasteiger partial charge < -0.3 is 15.0 Å². The monoisotopic (exact) mass is 371 g/mol. The number of fused-ring (bicyclic) bond motifs is 1. The standard InChI is InChI=1S/C19H18FN3O2S/c20-15-7-4-8-16-17(15)22-19(26-16)25-14-9-11-23(12-10-14)18(24)21-13-5-2-1-3-6-13/h1-8,14H,9-12H2,(H,21,24). The van der Waals surface area contributed by atoms with Gasteiger partial charge in [-0.1, -0.05) is 35.6 Å². The van der Waals surface area contributed by atoms with Gasteiger partial charge in [0.05, 0.1) is 4.70 Å². The Hall–Kier alpha value is -2.67. The first kappa shape index (κ1) is 16.8. The molecular weight excluding hydrogens is 353 g/mol. The van der Waals surface area contributed by atoms with Crippen LogP contribution in [0.3, 0.4) is 0 Å². The zero-order chi connectivity index (χ0) is 17.9. The predicted octanol–water partition coefficient (Wildman–Crippen LogP) is 4.51. The van der Waals surface area contributed by atoms with E-state index in [2.05, 4.69) is 10.3 Å². The Morgan fingerprint density at radius 3 is 2.65 bits per heavy atom. The van der Waals surface area contributed by atoms with Gasteiger partial charge in [0, 0.05) is 31.6 Å². The van der Waals surface area contributed by atoms with E-state index >= 15 is 0 Å². The molecule has 0 bridgehead atoms. The number of nitrogens with zero attached hydrogens (tertiary/aromatic N) is 2. The highest BCUT2D eigenvalue weighted by Crippen LogP contribution is 2.31. The van der Waals surface area contributed by atoms with Gasteiger partial charge in [-0.3, -0.25) is 0 Å². The van der Waals surface area contributed by atoms with Crippen molar-refractivity contribution in [1.82, 2.24) is 9.88 Å². The molecule has 1 fully saturated rings. The number of hydrogen-bond acceptors (Lipinski definition) is 4. The Morgan fingerprint density at radius 2 is 1.92 bits per heavy atom. The summed E-state index contributed by atoms with van der Waals surface area (Å²) in [5, 5.41) is 3.38. The molecule has 1 N–H and O–H groups in total. The Labute approximate surface area is 154 Å². The van der Waals surface area contributed by atoms with Crippen LogP contribution in [0.4, 0.5) is 14.9 Å². The molecule has 0 radical (unpaired) electrons. The number of piperidine rings is 1. The Kier molecular flexibility index (Phi) is 4.71. The zero-order valence-corrected chi connectivity index (χ0v) is 14.8. The number of benzene rings is 2. The van der Waals surface area contributed by atoms with Crippen molar-refractivity contribution in [3.63, 3.8) is 0 Å². The number of para-hydroxylation sites is 2. The van der Waals surface area contributed by atoms with E-state index in [9.17, 15) is 9.18 Å². The second-order valence-electron chi connectivity index (χ2n) is 6.17. The molecule has 0 unspecified atom stereocenters. The van der Waals surface area contributed by atoms with Gasteiger partial charge in [0.15, 0.2) is 0 Å². The smallest absolute Gasteiger partial charge is 0.321 e. The number of halogens is 1. The Morgan fingerprint density at radius 1 is 1.15 bits per heavy atom. The quantitative estimate of drug-likeness (QED) is 0.737. The number of aromatic nitrogens is 1. The minimum absolute atomic E-state index is 0.0144. The van der Waals surface area contributed by atoms with E-state index in [1.807, 2.05) is 36.4 Å². The number of ether oxygens (including phenoxy) is 1. The molecule has 1 aliphatic heterocycles. The molecule has 0 aliphatic carbocycles. The second-order valence-corrected chi connectivity index (χ2v) is 7.16. The topological polar surface area (TPSA) is 54.5 Å². The predicted molar refractivity (Wildman–Crippen MR) is 100 cm³/mol. The lowest BCUT2D eigenvalue weighted by molar-refractivity contribution is 0.115. The molecule has 1 saturated heterocycles. The lowest BCUT2D eigenvalue weighted by Crippen LogP contribution is -2.43. The number of likely N-dealkylation sites (tertiary alicyclic amines) is 1. The molecule has 134 valence electrons. The van der Waals surface area contributed by atoms with Crippen molar-refractivity contribution >= 4 is 33.3 Å². The van der Waals surface area contributed by atoms with Crippen molar-refractivity contribution in [2.75, 3.05) is 18.4 Å². The molecule has 0 atom stereocenters. The number of urea groups is 1. The van der Waals surface area contributed by atoms with Crippen LogP contribution in [-0.2, 0) is 0 Å². The maximum atomic E-state index is 13.7. The molecule has 0 saturated carbocycles. The van der Waals surface area contributed by atoms with Gasteiger partial charge in [0.25, 0.3) is 5.19 Å². The van der Waals surface area contributed by atoms with E-state index in [0.29, 0.717) is 23.8 Å². The largest absolute Gasteiger partial charge is 0.467 e. The van der Waals surface area contributed by atoms with E-state index in [4.69, 9.17) is 4.74 Å². The summed E-state index contributed by atoms with van der Waals surface area (Å²) in [4.78, 5) is 18.3. The first-order valence-electron chi connectivity index (χ1n) is 8.52. The lowest BCUT2D eigenvalue weighted by Gasteiger charge is -2.31. The van der Waals surface area contributed by atoms with E-state index in [-0.39, 0.29) is 18.0 Å². The van der Waals surface area contributed by atoms with Gasteiger partial charge in [-0.05, 0) is 24.3 Å². The fraction of sp³-hybridized carbons (Fsp3) is 0.263. The minimum Gasteiger partial charge on any atom is -0.467 e. The molecule has 4 rings (SSSR count). The van der Waals surface area contributed by atoms with Crippen molar-refractivity contribution in [2.24, 2.45) is 0 Å². The van der Waals surface area contributed by atoms with Crippen molar-refractivity contribution in [3.8, 4) is 5.19 Å². The highest BCUT2D eigenvalue weighted by atomic mass is 32.1. The third kappa shape index (κ3) is 3.62.